The third-order valence-electron chi connectivity index (χ3n) is 5.43. The van der Waals surface area contributed by atoms with Gasteiger partial charge in [-0.2, -0.15) is 0 Å². The number of benzene rings is 3. The van der Waals surface area contributed by atoms with Crippen molar-refractivity contribution in [3.05, 3.63) is 101 Å². The van der Waals surface area contributed by atoms with Crippen LogP contribution in [-0.4, -0.2) is 23.9 Å². The number of aromatic nitrogens is 1. The summed E-state index contributed by atoms with van der Waals surface area (Å²) in [5.41, 5.74) is 6.03. The zero-order valence-corrected chi connectivity index (χ0v) is 18.1. The zero-order valence-electron chi connectivity index (χ0n) is 18.1. The molecular formula is C27H26N2O2. The van der Waals surface area contributed by atoms with Crippen LogP contribution in [0.15, 0.2) is 84.0 Å². The molecule has 0 aliphatic rings. The van der Waals surface area contributed by atoms with Gasteiger partial charge in [0.2, 0.25) is 0 Å². The van der Waals surface area contributed by atoms with Crippen molar-refractivity contribution in [3.8, 4) is 0 Å². The van der Waals surface area contributed by atoms with Crippen LogP contribution in [0, 0.1) is 0 Å². The molecule has 3 aromatic carbocycles. The van der Waals surface area contributed by atoms with E-state index >= 15 is 0 Å². The number of fused-ring (bicyclic) bond motifs is 1. The molecule has 31 heavy (non-hydrogen) atoms. The van der Waals surface area contributed by atoms with E-state index in [1.165, 1.54) is 12.7 Å². The number of nitrogens with zero attached hydrogens (tertiary/aromatic N) is 2. The minimum Gasteiger partial charge on any atom is -0.465 e. The fourth-order valence-corrected chi connectivity index (χ4v) is 3.71. The van der Waals surface area contributed by atoms with Gasteiger partial charge in [0, 0.05) is 35.4 Å². The Morgan fingerprint density at radius 1 is 1.03 bits per heavy atom. The van der Waals surface area contributed by atoms with Crippen LogP contribution < -0.4 is 0 Å². The molecule has 1 heterocycles. The molecule has 0 aliphatic heterocycles. The molecule has 0 spiro atoms. The van der Waals surface area contributed by atoms with Gasteiger partial charge >= 0.3 is 5.97 Å². The number of methoxy groups -OCH3 is 1. The number of rotatable bonds is 6. The molecule has 0 saturated heterocycles. The van der Waals surface area contributed by atoms with Crippen LogP contribution in [0.1, 0.15) is 46.8 Å². The first-order chi connectivity index (χ1) is 15.0. The lowest BCUT2D eigenvalue weighted by Crippen LogP contribution is -2.03. The van der Waals surface area contributed by atoms with Gasteiger partial charge in [-0.1, -0.05) is 56.3 Å². The Labute approximate surface area is 182 Å². The second-order valence-corrected chi connectivity index (χ2v) is 7.93. The Bertz CT molecular complexity index is 1230. The van der Waals surface area contributed by atoms with E-state index in [4.69, 9.17) is 9.73 Å². The van der Waals surface area contributed by atoms with Crippen molar-refractivity contribution in [1.29, 1.82) is 0 Å². The van der Waals surface area contributed by atoms with Crippen molar-refractivity contribution in [3.63, 3.8) is 0 Å². The highest BCUT2D eigenvalue weighted by molar-refractivity contribution is 6.00. The number of hydrogen-bond donors (Lipinski definition) is 0. The van der Waals surface area contributed by atoms with Gasteiger partial charge in [0.15, 0.2) is 0 Å². The largest absolute Gasteiger partial charge is 0.465 e. The summed E-state index contributed by atoms with van der Waals surface area (Å²) in [6.45, 7) is 5.03. The number of para-hydroxylation sites is 1. The van der Waals surface area contributed by atoms with E-state index in [9.17, 15) is 4.79 Å². The molecule has 0 aliphatic carbocycles. The molecule has 0 N–H and O–H groups in total. The van der Waals surface area contributed by atoms with Gasteiger partial charge in [-0.05, 0) is 47.4 Å². The van der Waals surface area contributed by atoms with Crippen molar-refractivity contribution in [2.45, 2.75) is 26.3 Å². The van der Waals surface area contributed by atoms with Crippen LogP contribution in [0.2, 0.25) is 0 Å². The maximum Gasteiger partial charge on any atom is 0.337 e. The molecule has 4 heteroatoms. The molecule has 0 radical (unpaired) electrons. The number of esters is 1. The first-order valence-corrected chi connectivity index (χ1v) is 10.4. The van der Waals surface area contributed by atoms with Crippen molar-refractivity contribution < 1.29 is 9.53 Å². The molecule has 4 rings (SSSR count). The molecule has 0 unspecified atom stereocenters. The summed E-state index contributed by atoms with van der Waals surface area (Å²) in [5.74, 6) is 0.184. The molecule has 0 saturated carbocycles. The minimum absolute atomic E-state index is 0.324. The summed E-state index contributed by atoms with van der Waals surface area (Å²) in [6, 6.07) is 24.2. The molecule has 0 fully saturated rings. The Morgan fingerprint density at radius 3 is 2.55 bits per heavy atom. The molecule has 0 atom stereocenters. The van der Waals surface area contributed by atoms with Crippen molar-refractivity contribution in [2.75, 3.05) is 7.11 Å². The van der Waals surface area contributed by atoms with E-state index in [0.717, 1.165) is 27.7 Å². The van der Waals surface area contributed by atoms with E-state index in [1.807, 2.05) is 36.5 Å². The monoisotopic (exact) mass is 410 g/mol. The summed E-state index contributed by atoms with van der Waals surface area (Å²) in [5, 5.41) is 1.15. The highest BCUT2D eigenvalue weighted by Gasteiger charge is 2.10. The predicted octanol–water partition coefficient (Wildman–Crippen LogP) is 6.35. The van der Waals surface area contributed by atoms with Crippen LogP contribution in [0.25, 0.3) is 10.9 Å². The first-order valence-electron chi connectivity index (χ1n) is 10.4. The normalized spacial score (nSPS) is 11.5. The first kappa shape index (κ1) is 20.6. The topological polar surface area (TPSA) is 43.6 Å². The Kier molecular flexibility index (Phi) is 5.99. The quantitative estimate of drug-likeness (QED) is 0.275. The van der Waals surface area contributed by atoms with Gasteiger partial charge in [0.25, 0.3) is 0 Å². The van der Waals surface area contributed by atoms with Crippen molar-refractivity contribution in [1.82, 2.24) is 4.57 Å². The third-order valence-corrected chi connectivity index (χ3v) is 5.43. The van der Waals surface area contributed by atoms with E-state index in [0.29, 0.717) is 18.0 Å². The molecule has 4 nitrogen and oxygen atoms in total. The summed E-state index contributed by atoms with van der Waals surface area (Å²) in [7, 11) is 1.40. The molecular weight excluding hydrogens is 384 g/mol. The molecule has 0 amide bonds. The smallest absolute Gasteiger partial charge is 0.337 e. The van der Waals surface area contributed by atoms with Crippen LogP contribution in [0.3, 0.4) is 0 Å². The van der Waals surface area contributed by atoms with Crippen molar-refractivity contribution in [2.24, 2.45) is 4.99 Å². The number of hydrogen-bond acceptors (Lipinski definition) is 3. The van der Waals surface area contributed by atoms with Gasteiger partial charge < -0.3 is 9.30 Å². The van der Waals surface area contributed by atoms with Crippen LogP contribution in [0.5, 0.6) is 0 Å². The second kappa shape index (κ2) is 9.00. The highest BCUT2D eigenvalue weighted by atomic mass is 16.5. The summed E-state index contributed by atoms with van der Waals surface area (Å²) < 4.78 is 7.04. The zero-order chi connectivity index (χ0) is 21.8. The van der Waals surface area contributed by atoms with Gasteiger partial charge in [-0.3, -0.25) is 4.99 Å². The second-order valence-electron chi connectivity index (χ2n) is 7.93. The lowest BCUT2D eigenvalue weighted by atomic mass is 10.0. The Hall–Kier alpha value is -3.66. The molecule has 1 aromatic heterocycles. The Balaban J connectivity index is 1.64. The lowest BCUT2D eigenvalue weighted by molar-refractivity contribution is 0.0600. The molecule has 0 bridgehead atoms. The van der Waals surface area contributed by atoms with Gasteiger partial charge in [0.1, 0.15) is 0 Å². The number of carbonyl (C=O) groups excluding carboxylic acids is 1. The summed E-state index contributed by atoms with van der Waals surface area (Å²) in [4.78, 5) is 16.6. The van der Waals surface area contributed by atoms with E-state index in [2.05, 4.69) is 61.0 Å². The van der Waals surface area contributed by atoms with Crippen LogP contribution in [0.4, 0.5) is 5.69 Å². The minimum atomic E-state index is -0.324. The van der Waals surface area contributed by atoms with Crippen LogP contribution >= 0.6 is 0 Å². The SMILES string of the molecule is COC(=O)c1cccc(Cn2cc(C=Nc3ccc(C(C)C)cc3)c3ccccc32)c1. The maximum atomic E-state index is 11.9. The Morgan fingerprint density at radius 2 is 1.81 bits per heavy atom. The van der Waals surface area contributed by atoms with Gasteiger partial charge in [-0.15, -0.1) is 0 Å². The van der Waals surface area contributed by atoms with E-state index in [-0.39, 0.29) is 5.97 Å². The van der Waals surface area contributed by atoms with Gasteiger partial charge in [0.05, 0.1) is 18.4 Å². The lowest BCUT2D eigenvalue weighted by Gasteiger charge is -2.07. The number of ether oxygens (including phenoxy) is 1. The van der Waals surface area contributed by atoms with E-state index in [1.54, 1.807) is 6.07 Å². The molecule has 4 aromatic rings. The third kappa shape index (κ3) is 4.58. The standard InChI is InChI=1S/C27H26N2O2/c1-19(2)21-11-13-24(14-12-21)28-16-23-18-29(26-10-5-4-9-25(23)26)17-20-7-6-8-22(15-20)27(30)31-3/h4-16,18-19H,17H2,1-3H3. The highest BCUT2D eigenvalue weighted by Crippen LogP contribution is 2.23. The van der Waals surface area contributed by atoms with E-state index < -0.39 is 0 Å². The number of aliphatic imine (C=N–C) groups is 1. The van der Waals surface area contributed by atoms with Crippen molar-refractivity contribution >= 4 is 28.8 Å². The summed E-state index contributed by atoms with van der Waals surface area (Å²) >= 11 is 0. The fourth-order valence-electron chi connectivity index (χ4n) is 3.71. The fraction of sp³-hybridized carbons (Fsp3) is 0.185. The average Bonchev–Trinajstić information content (AvgIpc) is 3.15. The number of carbonyl (C=O) groups is 1. The summed E-state index contributed by atoms with van der Waals surface area (Å²) in [6.07, 6.45) is 4.04. The van der Waals surface area contributed by atoms with Gasteiger partial charge in [-0.25, -0.2) is 4.79 Å². The molecule has 156 valence electrons. The average molecular weight is 411 g/mol. The van der Waals surface area contributed by atoms with Crippen LogP contribution in [-0.2, 0) is 11.3 Å². The predicted molar refractivity (Wildman–Crippen MR) is 127 cm³/mol. The maximum absolute atomic E-state index is 11.9.